The minimum absolute atomic E-state index is 0. The maximum absolute atomic E-state index is 10.7. The molecule has 0 bridgehead atoms. The van der Waals surface area contributed by atoms with Gasteiger partial charge in [0.25, 0.3) is 0 Å². The highest BCUT2D eigenvalue weighted by Crippen LogP contribution is 2.33. The van der Waals surface area contributed by atoms with Crippen LogP contribution in [0, 0.1) is 0 Å². The van der Waals surface area contributed by atoms with E-state index in [1.165, 1.54) is 19.2 Å². The van der Waals surface area contributed by atoms with Crippen LogP contribution in [-0.4, -0.2) is 18.2 Å². The van der Waals surface area contributed by atoms with Crippen LogP contribution in [0.3, 0.4) is 0 Å². The van der Waals surface area contributed by atoms with Crippen LogP contribution < -0.4 is 10.9 Å². The van der Waals surface area contributed by atoms with Crippen molar-refractivity contribution in [1.29, 1.82) is 0 Å². The van der Waals surface area contributed by atoms with Crippen LogP contribution in [0.1, 0.15) is 10.4 Å². The van der Waals surface area contributed by atoms with Crippen LogP contribution in [0.15, 0.2) is 12.1 Å². The molecular formula is C8H10Cl2NO3+. The molecule has 1 rings (SSSR count). The first-order valence-electron chi connectivity index (χ1n) is 3.33. The van der Waals surface area contributed by atoms with E-state index >= 15 is 0 Å². The third-order valence-electron chi connectivity index (χ3n) is 1.48. The Bertz CT molecular complexity index is 355. The van der Waals surface area contributed by atoms with Gasteiger partial charge in [0.05, 0.1) is 17.2 Å². The molecule has 78 valence electrons. The second kappa shape index (κ2) is 5.05. The maximum atomic E-state index is 10.7. The smallest absolute Gasteiger partial charge is 0.341 e. The van der Waals surface area contributed by atoms with Gasteiger partial charge in [-0.1, -0.05) is 23.2 Å². The minimum atomic E-state index is -1.16. The SMILES string of the molecule is COc1c(Cl)ccc(Cl)c1C(=O)O.[NH4+]. The molecule has 0 fully saturated rings. The molecule has 4 nitrogen and oxygen atoms in total. The molecule has 0 aliphatic carbocycles. The Morgan fingerprint density at radius 1 is 1.36 bits per heavy atom. The van der Waals surface area contributed by atoms with E-state index < -0.39 is 5.97 Å². The first kappa shape index (κ1) is 13.0. The summed E-state index contributed by atoms with van der Waals surface area (Å²) >= 11 is 11.4. The number of hydrogen-bond donors (Lipinski definition) is 2. The van der Waals surface area contributed by atoms with Crippen molar-refractivity contribution in [2.75, 3.05) is 7.11 Å². The van der Waals surface area contributed by atoms with Gasteiger partial charge in [-0.15, -0.1) is 0 Å². The molecule has 0 aliphatic heterocycles. The molecule has 0 saturated heterocycles. The molecule has 0 aromatic heterocycles. The highest BCUT2D eigenvalue weighted by atomic mass is 35.5. The molecule has 14 heavy (non-hydrogen) atoms. The number of aromatic carboxylic acids is 1. The highest BCUT2D eigenvalue weighted by molar-refractivity contribution is 6.36. The summed E-state index contributed by atoms with van der Waals surface area (Å²) < 4.78 is 4.82. The van der Waals surface area contributed by atoms with Crippen molar-refractivity contribution in [3.8, 4) is 5.75 Å². The monoisotopic (exact) mass is 238 g/mol. The van der Waals surface area contributed by atoms with Crippen molar-refractivity contribution in [3.05, 3.63) is 27.7 Å². The Morgan fingerprint density at radius 2 is 1.86 bits per heavy atom. The van der Waals surface area contributed by atoms with E-state index in [9.17, 15) is 4.79 Å². The normalized spacial score (nSPS) is 9.07. The lowest BCUT2D eigenvalue weighted by Crippen LogP contribution is -2.01. The van der Waals surface area contributed by atoms with Gasteiger partial charge in [-0.25, -0.2) is 4.79 Å². The van der Waals surface area contributed by atoms with Crippen LogP contribution in [0.2, 0.25) is 10.0 Å². The van der Waals surface area contributed by atoms with E-state index in [1.807, 2.05) is 0 Å². The number of benzene rings is 1. The fourth-order valence-corrected chi connectivity index (χ4v) is 1.40. The lowest BCUT2D eigenvalue weighted by atomic mass is 10.2. The number of carboxylic acids is 1. The van der Waals surface area contributed by atoms with Gasteiger partial charge in [-0.2, -0.15) is 0 Å². The van der Waals surface area contributed by atoms with Gasteiger partial charge < -0.3 is 16.0 Å². The van der Waals surface area contributed by atoms with Crippen molar-refractivity contribution >= 4 is 29.2 Å². The molecule has 0 atom stereocenters. The van der Waals surface area contributed by atoms with Gasteiger partial charge in [-0.05, 0) is 12.1 Å². The van der Waals surface area contributed by atoms with Crippen molar-refractivity contribution < 1.29 is 14.6 Å². The van der Waals surface area contributed by atoms with Crippen molar-refractivity contribution in [2.24, 2.45) is 0 Å². The molecule has 0 amide bonds. The Kier molecular flexibility index (Phi) is 4.70. The molecule has 5 N–H and O–H groups in total. The summed E-state index contributed by atoms with van der Waals surface area (Å²) in [6.45, 7) is 0. The van der Waals surface area contributed by atoms with Gasteiger partial charge in [0.1, 0.15) is 5.56 Å². The van der Waals surface area contributed by atoms with E-state index in [1.54, 1.807) is 0 Å². The van der Waals surface area contributed by atoms with E-state index in [0.29, 0.717) is 0 Å². The summed E-state index contributed by atoms with van der Waals surface area (Å²) in [7, 11) is 1.34. The molecule has 0 spiro atoms. The zero-order valence-electron chi connectivity index (χ0n) is 7.67. The van der Waals surface area contributed by atoms with E-state index in [-0.39, 0.29) is 27.5 Å². The van der Waals surface area contributed by atoms with Crippen LogP contribution in [-0.2, 0) is 0 Å². The number of carboxylic acid groups (broad SMARTS) is 1. The lowest BCUT2D eigenvalue weighted by molar-refractivity contribution is 0.0693. The quantitative estimate of drug-likeness (QED) is 0.831. The number of quaternary nitrogens is 1. The second-order valence-corrected chi connectivity index (χ2v) is 3.06. The zero-order valence-corrected chi connectivity index (χ0v) is 9.19. The maximum Gasteiger partial charge on any atom is 0.341 e. The number of ether oxygens (including phenoxy) is 1. The van der Waals surface area contributed by atoms with Gasteiger partial charge >= 0.3 is 5.97 Å². The topological polar surface area (TPSA) is 83.0 Å². The summed E-state index contributed by atoms with van der Waals surface area (Å²) in [5, 5.41) is 9.11. The first-order chi connectivity index (χ1) is 6.07. The molecule has 0 unspecified atom stereocenters. The van der Waals surface area contributed by atoms with E-state index in [0.717, 1.165) is 0 Å². The summed E-state index contributed by atoms with van der Waals surface area (Å²) in [4.78, 5) is 10.7. The predicted molar refractivity (Wildman–Crippen MR) is 56.0 cm³/mol. The molecule has 0 aliphatic rings. The molecular weight excluding hydrogens is 229 g/mol. The number of hydrogen-bond acceptors (Lipinski definition) is 2. The van der Waals surface area contributed by atoms with Gasteiger partial charge in [0.15, 0.2) is 5.75 Å². The molecule has 0 saturated carbocycles. The minimum Gasteiger partial charge on any atom is -0.494 e. The highest BCUT2D eigenvalue weighted by Gasteiger charge is 2.17. The summed E-state index contributed by atoms with van der Waals surface area (Å²) in [5.74, 6) is -1.08. The fraction of sp³-hybridized carbons (Fsp3) is 0.125. The summed E-state index contributed by atoms with van der Waals surface area (Å²) in [5.41, 5.74) is -0.114. The molecule has 1 aromatic rings. The number of rotatable bonds is 2. The van der Waals surface area contributed by atoms with E-state index in [2.05, 4.69) is 0 Å². The zero-order chi connectivity index (χ0) is 10.0. The van der Waals surface area contributed by atoms with Crippen molar-refractivity contribution in [3.63, 3.8) is 0 Å². The molecule has 1 aromatic carbocycles. The lowest BCUT2D eigenvalue weighted by Gasteiger charge is -2.07. The van der Waals surface area contributed by atoms with Crippen LogP contribution in [0.5, 0.6) is 5.75 Å². The average molecular weight is 239 g/mol. The molecule has 0 radical (unpaired) electrons. The van der Waals surface area contributed by atoms with Crippen molar-refractivity contribution in [1.82, 2.24) is 6.15 Å². The molecule has 6 heteroatoms. The number of methoxy groups -OCH3 is 1. The summed E-state index contributed by atoms with van der Waals surface area (Å²) in [6.07, 6.45) is 0. The standard InChI is InChI=1S/C8H6Cl2O3.H3N/c1-13-7-5(10)3-2-4(9)6(7)8(11)12;/h2-3H,1H3,(H,11,12);1H3/p+1. The number of carbonyl (C=O) groups is 1. The Hall–Kier alpha value is -0.970. The molecule has 0 heterocycles. The van der Waals surface area contributed by atoms with Crippen molar-refractivity contribution in [2.45, 2.75) is 0 Å². The van der Waals surface area contributed by atoms with Crippen LogP contribution in [0.4, 0.5) is 0 Å². The van der Waals surface area contributed by atoms with Gasteiger partial charge in [-0.3, -0.25) is 0 Å². The largest absolute Gasteiger partial charge is 0.494 e. The van der Waals surface area contributed by atoms with Gasteiger partial charge in [0, 0.05) is 0 Å². The van der Waals surface area contributed by atoms with Crippen LogP contribution >= 0.6 is 23.2 Å². The summed E-state index contributed by atoms with van der Waals surface area (Å²) in [6, 6.07) is 2.89. The first-order valence-corrected chi connectivity index (χ1v) is 4.08. The Labute approximate surface area is 91.0 Å². The number of halogens is 2. The second-order valence-electron chi connectivity index (χ2n) is 2.24. The van der Waals surface area contributed by atoms with Gasteiger partial charge in [0.2, 0.25) is 0 Å². The third kappa shape index (κ3) is 2.29. The predicted octanol–water partition coefficient (Wildman–Crippen LogP) is 3.08. The third-order valence-corrected chi connectivity index (χ3v) is 2.09. The fourth-order valence-electron chi connectivity index (χ4n) is 0.932. The van der Waals surface area contributed by atoms with E-state index in [4.69, 9.17) is 33.0 Å². The van der Waals surface area contributed by atoms with Crippen LogP contribution in [0.25, 0.3) is 0 Å². The Morgan fingerprint density at radius 3 is 2.21 bits per heavy atom. The Balaban J connectivity index is 0.00000169. The average Bonchev–Trinajstić information content (AvgIpc) is 2.07.